The number of rotatable bonds is 3. The Morgan fingerprint density at radius 1 is 0.905 bits per heavy atom. The molecule has 0 aromatic heterocycles. The van der Waals surface area contributed by atoms with Gasteiger partial charge >= 0.3 is 0 Å². The fourth-order valence-electron chi connectivity index (χ4n) is 2.07. The van der Waals surface area contributed by atoms with Gasteiger partial charge in [0.05, 0.1) is 11.6 Å². The van der Waals surface area contributed by atoms with Gasteiger partial charge in [0.15, 0.2) is 23.3 Å². The van der Waals surface area contributed by atoms with Crippen LogP contribution in [0.2, 0.25) is 0 Å². The molecule has 0 fully saturated rings. The summed E-state index contributed by atoms with van der Waals surface area (Å²) in [7, 11) is 0. The van der Waals surface area contributed by atoms with Crippen molar-refractivity contribution in [1.29, 1.82) is 0 Å². The van der Waals surface area contributed by atoms with Crippen LogP contribution < -0.4 is 11.3 Å². The predicted octanol–water partition coefficient (Wildman–Crippen LogP) is 3.24. The molecule has 0 bridgehead atoms. The summed E-state index contributed by atoms with van der Waals surface area (Å²) in [5.74, 6) is -4.78. The first-order valence-electron chi connectivity index (χ1n) is 5.92. The number of hydrogen-bond acceptors (Lipinski definition) is 2. The molecule has 0 aliphatic heterocycles. The first-order chi connectivity index (χ1) is 9.88. The quantitative estimate of drug-likeness (QED) is 0.300. The maximum absolute atomic E-state index is 13.8. The fraction of sp³-hybridized carbons (Fsp3) is 0.143. The minimum Gasteiger partial charge on any atom is -0.271 e. The van der Waals surface area contributed by atoms with Gasteiger partial charge in [0, 0.05) is 0 Å². The van der Waals surface area contributed by atoms with E-state index in [9.17, 15) is 22.0 Å². The zero-order chi connectivity index (χ0) is 15.7. The number of halogens is 5. The smallest absolute Gasteiger partial charge is 0.200 e. The van der Waals surface area contributed by atoms with E-state index in [0.29, 0.717) is 0 Å². The summed E-state index contributed by atoms with van der Waals surface area (Å²) in [6.45, 7) is 1.72. The van der Waals surface area contributed by atoms with Crippen molar-refractivity contribution in [3.63, 3.8) is 0 Å². The van der Waals surface area contributed by atoms with Crippen LogP contribution in [0.1, 0.15) is 22.7 Å². The van der Waals surface area contributed by atoms with E-state index in [1.807, 2.05) is 0 Å². The standard InChI is InChI=1S/C14H11F5N2/c1-6-3-2-4-7(5-6)14(21-20)8-9(15)11(17)13(19)12(18)10(8)16/h2-5,14,21H,20H2,1H3. The van der Waals surface area contributed by atoms with Gasteiger partial charge in [0.1, 0.15) is 0 Å². The van der Waals surface area contributed by atoms with Gasteiger partial charge in [-0.15, -0.1) is 0 Å². The van der Waals surface area contributed by atoms with Crippen LogP contribution in [0.5, 0.6) is 0 Å². The Balaban J connectivity index is 2.69. The molecule has 2 aromatic rings. The van der Waals surface area contributed by atoms with Crippen LogP contribution in [-0.4, -0.2) is 0 Å². The number of benzene rings is 2. The first kappa shape index (κ1) is 15.4. The molecule has 3 N–H and O–H groups in total. The average Bonchev–Trinajstić information content (AvgIpc) is 2.47. The molecule has 1 unspecified atom stereocenters. The van der Waals surface area contributed by atoms with Crippen LogP contribution in [-0.2, 0) is 0 Å². The van der Waals surface area contributed by atoms with Crippen LogP contribution in [0.25, 0.3) is 0 Å². The lowest BCUT2D eigenvalue weighted by molar-refractivity contribution is 0.362. The third kappa shape index (κ3) is 2.62. The second kappa shape index (κ2) is 5.79. The van der Waals surface area contributed by atoms with Crippen LogP contribution in [0.15, 0.2) is 24.3 Å². The summed E-state index contributed by atoms with van der Waals surface area (Å²) in [4.78, 5) is 0. The Hall–Kier alpha value is -1.99. The van der Waals surface area contributed by atoms with Crippen LogP contribution >= 0.6 is 0 Å². The third-order valence-corrected chi connectivity index (χ3v) is 3.07. The molecule has 2 nitrogen and oxygen atoms in total. The lowest BCUT2D eigenvalue weighted by Crippen LogP contribution is -2.31. The molecular formula is C14H11F5N2. The maximum Gasteiger partial charge on any atom is 0.200 e. The highest BCUT2D eigenvalue weighted by Gasteiger charge is 2.30. The average molecular weight is 302 g/mol. The van der Waals surface area contributed by atoms with Crippen molar-refractivity contribution >= 4 is 0 Å². The molecule has 0 saturated heterocycles. The van der Waals surface area contributed by atoms with Crippen molar-refractivity contribution in [2.45, 2.75) is 13.0 Å². The summed E-state index contributed by atoms with van der Waals surface area (Å²) in [5.41, 5.74) is 2.09. The molecule has 1 atom stereocenters. The molecule has 21 heavy (non-hydrogen) atoms. The minimum atomic E-state index is -2.20. The van der Waals surface area contributed by atoms with Gasteiger partial charge < -0.3 is 0 Å². The number of nitrogens with one attached hydrogen (secondary N) is 1. The third-order valence-electron chi connectivity index (χ3n) is 3.07. The van der Waals surface area contributed by atoms with Gasteiger partial charge in [-0.2, -0.15) is 0 Å². The van der Waals surface area contributed by atoms with Crippen LogP contribution in [0.4, 0.5) is 22.0 Å². The van der Waals surface area contributed by atoms with E-state index in [0.717, 1.165) is 5.56 Å². The van der Waals surface area contributed by atoms with Gasteiger partial charge in [-0.05, 0) is 12.5 Å². The highest BCUT2D eigenvalue weighted by molar-refractivity contribution is 5.36. The molecule has 0 heterocycles. The maximum atomic E-state index is 13.8. The molecule has 0 amide bonds. The number of hydrogen-bond donors (Lipinski definition) is 2. The van der Waals surface area contributed by atoms with Gasteiger partial charge in [-0.1, -0.05) is 29.8 Å². The normalized spacial score (nSPS) is 12.5. The molecule has 0 spiro atoms. The summed E-state index contributed by atoms with van der Waals surface area (Å²) in [5, 5.41) is 0. The van der Waals surface area contributed by atoms with Crippen molar-refractivity contribution in [2.75, 3.05) is 0 Å². The largest absolute Gasteiger partial charge is 0.271 e. The predicted molar refractivity (Wildman–Crippen MR) is 66.6 cm³/mol. The number of nitrogens with two attached hydrogens (primary N) is 1. The lowest BCUT2D eigenvalue weighted by atomic mass is 9.96. The van der Waals surface area contributed by atoms with E-state index in [-0.39, 0.29) is 5.56 Å². The summed E-state index contributed by atoms with van der Waals surface area (Å²) in [6, 6.07) is 4.93. The Kier molecular flexibility index (Phi) is 4.24. The van der Waals surface area contributed by atoms with E-state index < -0.39 is 40.7 Å². The van der Waals surface area contributed by atoms with Crippen LogP contribution in [0.3, 0.4) is 0 Å². The molecule has 2 aromatic carbocycles. The first-order valence-corrected chi connectivity index (χ1v) is 5.92. The Morgan fingerprint density at radius 2 is 1.43 bits per heavy atom. The molecule has 0 saturated carbocycles. The molecular weight excluding hydrogens is 291 g/mol. The van der Waals surface area contributed by atoms with Crippen molar-refractivity contribution < 1.29 is 22.0 Å². The van der Waals surface area contributed by atoms with E-state index >= 15 is 0 Å². The Bertz CT molecular complexity index is 658. The van der Waals surface area contributed by atoms with E-state index in [1.165, 1.54) is 12.1 Å². The second-order valence-corrected chi connectivity index (χ2v) is 4.50. The zero-order valence-electron chi connectivity index (χ0n) is 10.9. The van der Waals surface area contributed by atoms with Gasteiger partial charge in [-0.25, -0.2) is 27.4 Å². The van der Waals surface area contributed by atoms with Crippen molar-refractivity contribution in [1.82, 2.24) is 5.43 Å². The Morgan fingerprint density at radius 3 is 1.90 bits per heavy atom. The topological polar surface area (TPSA) is 38.0 Å². The van der Waals surface area contributed by atoms with E-state index in [2.05, 4.69) is 5.43 Å². The molecule has 0 aliphatic rings. The molecule has 0 aliphatic carbocycles. The van der Waals surface area contributed by atoms with E-state index in [1.54, 1.807) is 19.1 Å². The SMILES string of the molecule is Cc1cccc(C(NN)c2c(F)c(F)c(F)c(F)c2F)c1. The summed E-state index contributed by atoms with van der Waals surface area (Å²) in [6.07, 6.45) is 0. The molecule has 2 rings (SSSR count). The van der Waals surface area contributed by atoms with Gasteiger partial charge in [0.25, 0.3) is 0 Å². The lowest BCUT2D eigenvalue weighted by Gasteiger charge is -2.19. The van der Waals surface area contributed by atoms with Crippen molar-refractivity contribution in [3.8, 4) is 0 Å². The van der Waals surface area contributed by atoms with Gasteiger partial charge in [-0.3, -0.25) is 5.84 Å². The minimum absolute atomic E-state index is 0.278. The molecule has 7 heteroatoms. The Labute approximate surface area is 117 Å². The molecule has 112 valence electrons. The second-order valence-electron chi connectivity index (χ2n) is 4.50. The monoisotopic (exact) mass is 302 g/mol. The van der Waals surface area contributed by atoms with Crippen molar-refractivity contribution in [3.05, 3.63) is 70.0 Å². The number of aryl methyl sites for hydroxylation is 1. The van der Waals surface area contributed by atoms with Crippen molar-refractivity contribution in [2.24, 2.45) is 5.84 Å². The van der Waals surface area contributed by atoms with E-state index in [4.69, 9.17) is 5.84 Å². The fourth-order valence-corrected chi connectivity index (χ4v) is 2.07. The summed E-state index contributed by atoms with van der Waals surface area (Å²) < 4.78 is 67.2. The van der Waals surface area contributed by atoms with Crippen LogP contribution in [0, 0.1) is 36.0 Å². The highest BCUT2D eigenvalue weighted by Crippen LogP contribution is 2.31. The molecule has 0 radical (unpaired) electrons. The summed E-state index contributed by atoms with van der Waals surface area (Å²) >= 11 is 0. The zero-order valence-corrected chi connectivity index (χ0v) is 10.9. The number of hydrazine groups is 1. The highest BCUT2D eigenvalue weighted by atomic mass is 19.2. The van der Waals surface area contributed by atoms with Gasteiger partial charge in [0.2, 0.25) is 5.82 Å².